The van der Waals surface area contributed by atoms with E-state index in [-0.39, 0.29) is 25.4 Å². The van der Waals surface area contributed by atoms with Crippen molar-refractivity contribution in [3.63, 3.8) is 0 Å². The van der Waals surface area contributed by atoms with E-state index in [1.165, 1.54) is 13.0 Å². The number of aryl methyl sites for hydroxylation is 1. The number of hydrogen-bond donors (Lipinski definition) is 2. The molecule has 0 unspecified atom stereocenters. The summed E-state index contributed by atoms with van der Waals surface area (Å²) < 4.78 is 31.2. The molecule has 1 aromatic carbocycles. The number of benzene rings is 1. The van der Waals surface area contributed by atoms with Gasteiger partial charge in [0.2, 0.25) is 0 Å². The molecule has 2 N–H and O–H groups in total. The van der Waals surface area contributed by atoms with E-state index in [0.29, 0.717) is 5.56 Å². The van der Waals surface area contributed by atoms with Crippen LogP contribution in [0.15, 0.2) is 12.1 Å². The highest BCUT2D eigenvalue weighted by Gasteiger charge is 2.10. The zero-order valence-electron chi connectivity index (χ0n) is 8.91. The van der Waals surface area contributed by atoms with Crippen molar-refractivity contribution in [2.24, 2.45) is 0 Å². The molecule has 0 spiro atoms. The van der Waals surface area contributed by atoms with E-state index in [1.54, 1.807) is 0 Å². The van der Waals surface area contributed by atoms with Crippen LogP contribution < -0.4 is 0 Å². The maximum atomic E-state index is 13.2. The van der Waals surface area contributed by atoms with Gasteiger partial charge < -0.3 is 14.9 Å². The summed E-state index contributed by atoms with van der Waals surface area (Å²) >= 11 is 0. The lowest BCUT2D eigenvalue weighted by molar-refractivity contribution is -0.0293. The molecular weight excluding hydrogens is 218 g/mol. The predicted octanol–water partition coefficient (Wildman–Crippen LogP) is 1.14. The van der Waals surface area contributed by atoms with Gasteiger partial charge in [-0.3, -0.25) is 0 Å². The van der Waals surface area contributed by atoms with Gasteiger partial charge in [0.25, 0.3) is 0 Å². The van der Waals surface area contributed by atoms with Crippen LogP contribution in [0.5, 0.6) is 0 Å². The fourth-order valence-corrected chi connectivity index (χ4v) is 1.20. The lowest BCUT2D eigenvalue weighted by atomic mass is 10.1. The quantitative estimate of drug-likeness (QED) is 0.800. The Morgan fingerprint density at radius 3 is 2.38 bits per heavy atom. The van der Waals surface area contributed by atoms with E-state index in [9.17, 15) is 8.78 Å². The van der Waals surface area contributed by atoms with Gasteiger partial charge in [0, 0.05) is 11.6 Å². The Kier molecular flexibility index (Phi) is 4.79. The van der Waals surface area contributed by atoms with Crippen LogP contribution in [0.2, 0.25) is 0 Å². The molecule has 0 aliphatic carbocycles. The molecule has 0 amide bonds. The Morgan fingerprint density at radius 1 is 1.19 bits per heavy atom. The van der Waals surface area contributed by atoms with Crippen molar-refractivity contribution < 1.29 is 23.7 Å². The van der Waals surface area contributed by atoms with E-state index in [2.05, 4.69) is 0 Å². The maximum absolute atomic E-state index is 13.2. The fraction of sp³-hybridized carbons (Fsp3) is 0.455. The minimum absolute atomic E-state index is 0.112. The molecule has 90 valence electrons. The van der Waals surface area contributed by atoms with Crippen LogP contribution >= 0.6 is 0 Å². The van der Waals surface area contributed by atoms with Gasteiger partial charge in [0.05, 0.1) is 19.8 Å². The Hall–Kier alpha value is -1.04. The summed E-state index contributed by atoms with van der Waals surface area (Å²) in [5, 5.41) is 17.5. The molecule has 0 radical (unpaired) electrons. The first-order chi connectivity index (χ1) is 7.58. The van der Waals surface area contributed by atoms with Gasteiger partial charge in [-0.15, -0.1) is 0 Å². The molecule has 5 heteroatoms. The average Bonchev–Trinajstić information content (AvgIpc) is 2.26. The average molecular weight is 232 g/mol. The molecule has 1 rings (SSSR count). The molecule has 0 atom stereocenters. The Morgan fingerprint density at radius 2 is 1.81 bits per heavy atom. The van der Waals surface area contributed by atoms with Crippen molar-refractivity contribution >= 4 is 0 Å². The minimum atomic E-state index is -0.746. The number of ether oxygens (including phenoxy) is 1. The molecule has 0 aliphatic rings. The van der Waals surface area contributed by atoms with Gasteiger partial charge >= 0.3 is 0 Å². The monoisotopic (exact) mass is 232 g/mol. The summed E-state index contributed by atoms with van der Waals surface area (Å²) in [5.74, 6) is -1.31. The first kappa shape index (κ1) is 13.0. The Labute approximate surface area is 92.3 Å². The molecular formula is C11H14F2O3. The number of aliphatic hydroxyl groups is 2. The number of rotatable bonds is 5. The summed E-state index contributed by atoms with van der Waals surface area (Å²) in [6, 6.07) is 2.14. The highest BCUT2D eigenvalue weighted by Crippen LogP contribution is 2.15. The van der Waals surface area contributed by atoms with Crippen LogP contribution in [0.1, 0.15) is 11.1 Å². The van der Waals surface area contributed by atoms with Crippen LogP contribution in [-0.4, -0.2) is 29.5 Å². The predicted molar refractivity (Wildman–Crippen MR) is 53.8 cm³/mol. The van der Waals surface area contributed by atoms with E-state index >= 15 is 0 Å². The van der Waals surface area contributed by atoms with Crippen molar-refractivity contribution in [1.29, 1.82) is 0 Å². The van der Waals surface area contributed by atoms with Gasteiger partial charge in [-0.2, -0.15) is 0 Å². The van der Waals surface area contributed by atoms with E-state index in [1.807, 2.05) is 0 Å². The highest BCUT2D eigenvalue weighted by molar-refractivity contribution is 5.25. The molecule has 0 aliphatic heterocycles. The van der Waals surface area contributed by atoms with Gasteiger partial charge in [-0.25, -0.2) is 8.78 Å². The summed E-state index contributed by atoms with van der Waals surface area (Å²) in [5.41, 5.74) is 0.523. The molecule has 0 saturated carbocycles. The number of aliphatic hydroxyl groups excluding tert-OH is 2. The lowest BCUT2D eigenvalue weighted by Gasteiger charge is -2.13. The lowest BCUT2D eigenvalue weighted by Crippen LogP contribution is -2.22. The number of hydrogen-bond acceptors (Lipinski definition) is 3. The van der Waals surface area contributed by atoms with Gasteiger partial charge in [0.15, 0.2) is 0 Å². The molecule has 16 heavy (non-hydrogen) atoms. The van der Waals surface area contributed by atoms with Crippen LogP contribution in [0.25, 0.3) is 0 Å². The molecule has 0 bridgehead atoms. The smallest absolute Gasteiger partial charge is 0.131 e. The van der Waals surface area contributed by atoms with Crippen LogP contribution in [-0.2, 0) is 11.3 Å². The zero-order valence-corrected chi connectivity index (χ0v) is 8.91. The second kappa shape index (κ2) is 5.89. The summed E-state index contributed by atoms with van der Waals surface area (Å²) in [4.78, 5) is 0. The summed E-state index contributed by atoms with van der Waals surface area (Å²) in [6.45, 7) is 0.711. The zero-order chi connectivity index (χ0) is 12.1. The molecule has 0 aromatic heterocycles. The van der Waals surface area contributed by atoms with E-state index in [0.717, 1.165) is 6.07 Å². The Balaban J connectivity index is 2.70. The van der Waals surface area contributed by atoms with Crippen molar-refractivity contribution in [3.8, 4) is 0 Å². The highest BCUT2D eigenvalue weighted by atomic mass is 19.1. The van der Waals surface area contributed by atoms with Crippen molar-refractivity contribution in [2.75, 3.05) is 13.2 Å². The second-order valence-electron chi connectivity index (χ2n) is 3.49. The topological polar surface area (TPSA) is 49.7 Å². The van der Waals surface area contributed by atoms with Crippen molar-refractivity contribution in [3.05, 3.63) is 34.9 Å². The largest absolute Gasteiger partial charge is 0.394 e. The van der Waals surface area contributed by atoms with Crippen molar-refractivity contribution in [1.82, 2.24) is 0 Å². The molecule has 0 saturated heterocycles. The third-order valence-electron chi connectivity index (χ3n) is 2.21. The summed E-state index contributed by atoms with van der Waals surface area (Å²) in [6.07, 6.45) is -0.746. The third-order valence-corrected chi connectivity index (χ3v) is 2.21. The van der Waals surface area contributed by atoms with Crippen LogP contribution in [0, 0.1) is 18.6 Å². The molecule has 1 aromatic rings. The first-order valence-corrected chi connectivity index (χ1v) is 4.86. The fourth-order valence-electron chi connectivity index (χ4n) is 1.20. The van der Waals surface area contributed by atoms with Gasteiger partial charge in [-0.1, -0.05) is 0 Å². The standard InChI is InChI=1S/C11H14F2O3/c1-7-2-8(11(13)3-10(7)12)6-16-9(4-14)5-15/h2-3,9,14-15H,4-6H2,1H3. The normalized spacial score (nSPS) is 11.1. The van der Waals surface area contributed by atoms with Gasteiger partial charge in [-0.05, 0) is 18.6 Å². The third kappa shape index (κ3) is 3.23. The first-order valence-electron chi connectivity index (χ1n) is 4.86. The molecule has 0 fully saturated rings. The van der Waals surface area contributed by atoms with E-state index < -0.39 is 17.7 Å². The maximum Gasteiger partial charge on any atom is 0.131 e. The Bertz CT molecular complexity index is 351. The SMILES string of the molecule is Cc1cc(COC(CO)CO)c(F)cc1F. The van der Waals surface area contributed by atoms with Gasteiger partial charge in [0.1, 0.15) is 17.7 Å². The van der Waals surface area contributed by atoms with Crippen molar-refractivity contribution in [2.45, 2.75) is 19.6 Å². The van der Waals surface area contributed by atoms with Crippen LogP contribution in [0.3, 0.4) is 0 Å². The minimum Gasteiger partial charge on any atom is -0.394 e. The molecule has 3 nitrogen and oxygen atoms in total. The summed E-state index contributed by atoms with van der Waals surface area (Å²) in [7, 11) is 0. The number of halogens is 2. The molecule has 0 heterocycles. The second-order valence-corrected chi connectivity index (χ2v) is 3.49. The van der Waals surface area contributed by atoms with E-state index in [4.69, 9.17) is 14.9 Å². The van der Waals surface area contributed by atoms with Crippen LogP contribution in [0.4, 0.5) is 8.78 Å².